The van der Waals surface area contributed by atoms with E-state index in [-0.39, 0.29) is 12.1 Å². The van der Waals surface area contributed by atoms with Gasteiger partial charge in [0.1, 0.15) is 6.10 Å². The van der Waals surface area contributed by atoms with Crippen LogP contribution in [-0.4, -0.2) is 56.0 Å². The van der Waals surface area contributed by atoms with Gasteiger partial charge in [-0.1, -0.05) is 136 Å². The molecule has 0 aliphatic rings. The summed E-state index contributed by atoms with van der Waals surface area (Å²) >= 11 is 0. The molecule has 0 rings (SSSR count). The molecule has 0 spiro atoms. The lowest BCUT2D eigenvalue weighted by molar-refractivity contribution is -0.150. The van der Waals surface area contributed by atoms with Crippen molar-refractivity contribution in [2.75, 3.05) is 32.8 Å². The molecule has 6 nitrogen and oxygen atoms in total. The Hall–Kier alpha value is -1.56. The van der Waals surface area contributed by atoms with Crippen molar-refractivity contribution in [3.63, 3.8) is 0 Å². The number of hydrogen-bond acceptors (Lipinski definition) is 6. The van der Waals surface area contributed by atoms with Crippen molar-refractivity contribution in [1.82, 2.24) is 4.90 Å². The Balaban J connectivity index is 3.86. The maximum absolute atomic E-state index is 12.7. The highest BCUT2D eigenvalue weighted by Crippen LogP contribution is 2.18. The van der Waals surface area contributed by atoms with E-state index >= 15 is 0 Å². The quantitative estimate of drug-likeness (QED) is 0.0364. The maximum atomic E-state index is 12.7. The van der Waals surface area contributed by atoms with E-state index in [1.165, 1.54) is 103 Å². The SMILES string of the molecule is CC/C=C\CCCCCOC(=O)OCCCCCCN(CC)CCCCCCCC(=O)OC(CCCCCCCC)CCCCCCCC. The van der Waals surface area contributed by atoms with Crippen LogP contribution in [0.25, 0.3) is 0 Å². The first-order valence-corrected chi connectivity index (χ1v) is 21.4. The highest BCUT2D eigenvalue weighted by Gasteiger charge is 2.14. The molecule has 0 aromatic carbocycles. The Labute approximate surface area is 305 Å². The van der Waals surface area contributed by atoms with Gasteiger partial charge in [0.05, 0.1) is 13.2 Å². The molecule has 49 heavy (non-hydrogen) atoms. The van der Waals surface area contributed by atoms with E-state index in [1.54, 1.807) is 0 Å². The highest BCUT2D eigenvalue weighted by molar-refractivity contribution is 5.69. The molecular weight excluding hydrogens is 610 g/mol. The van der Waals surface area contributed by atoms with Gasteiger partial charge in [-0.3, -0.25) is 4.79 Å². The van der Waals surface area contributed by atoms with Gasteiger partial charge in [-0.2, -0.15) is 0 Å². The number of esters is 1. The molecule has 0 bridgehead atoms. The lowest BCUT2D eigenvalue weighted by Gasteiger charge is -2.20. The fourth-order valence-electron chi connectivity index (χ4n) is 6.34. The third kappa shape index (κ3) is 36.0. The minimum absolute atomic E-state index is 0.0302. The number of carbonyl (C=O) groups excluding carboxylic acids is 2. The largest absolute Gasteiger partial charge is 0.508 e. The Morgan fingerprint density at radius 1 is 0.531 bits per heavy atom. The molecule has 0 radical (unpaired) electrons. The fourth-order valence-corrected chi connectivity index (χ4v) is 6.34. The number of rotatable bonds is 38. The molecule has 0 saturated heterocycles. The Morgan fingerprint density at radius 2 is 1.00 bits per heavy atom. The summed E-state index contributed by atoms with van der Waals surface area (Å²) in [4.78, 5) is 26.9. The number of allylic oxidation sites excluding steroid dienone is 2. The number of nitrogens with zero attached hydrogens (tertiary/aromatic N) is 1. The van der Waals surface area contributed by atoms with Crippen molar-refractivity contribution in [2.45, 2.75) is 220 Å². The fraction of sp³-hybridized carbons (Fsp3) is 0.907. The van der Waals surface area contributed by atoms with Crippen LogP contribution in [0.3, 0.4) is 0 Å². The number of unbranched alkanes of at least 4 members (excludes halogenated alkanes) is 20. The van der Waals surface area contributed by atoms with Gasteiger partial charge in [0, 0.05) is 6.42 Å². The van der Waals surface area contributed by atoms with Gasteiger partial charge >= 0.3 is 12.1 Å². The van der Waals surface area contributed by atoms with Gasteiger partial charge in [-0.15, -0.1) is 0 Å². The van der Waals surface area contributed by atoms with E-state index in [9.17, 15) is 9.59 Å². The first-order valence-electron chi connectivity index (χ1n) is 21.4. The average molecular weight is 694 g/mol. The third-order valence-corrected chi connectivity index (χ3v) is 9.59. The predicted octanol–water partition coefficient (Wildman–Crippen LogP) is 13.3. The zero-order chi connectivity index (χ0) is 35.9. The Morgan fingerprint density at radius 3 is 1.53 bits per heavy atom. The van der Waals surface area contributed by atoms with E-state index in [4.69, 9.17) is 14.2 Å². The molecular formula is C43H83NO5. The van der Waals surface area contributed by atoms with Crippen LogP contribution in [0.4, 0.5) is 4.79 Å². The summed E-state index contributed by atoms with van der Waals surface area (Å²) in [5.74, 6) is 0.0302. The second-order valence-corrected chi connectivity index (χ2v) is 14.3. The molecule has 0 aromatic heterocycles. The summed E-state index contributed by atoms with van der Waals surface area (Å²) in [6.07, 6.45) is 37.6. The Bertz CT molecular complexity index is 711. The lowest BCUT2D eigenvalue weighted by atomic mass is 10.0. The van der Waals surface area contributed by atoms with Gasteiger partial charge in [0.25, 0.3) is 0 Å². The smallest absolute Gasteiger partial charge is 0.462 e. The summed E-state index contributed by atoms with van der Waals surface area (Å²) in [7, 11) is 0. The second kappa shape index (κ2) is 39.2. The second-order valence-electron chi connectivity index (χ2n) is 14.3. The molecule has 0 saturated carbocycles. The van der Waals surface area contributed by atoms with Gasteiger partial charge in [-0.25, -0.2) is 4.79 Å². The molecule has 0 fully saturated rings. The van der Waals surface area contributed by atoms with Gasteiger partial charge < -0.3 is 19.1 Å². The van der Waals surface area contributed by atoms with Crippen molar-refractivity contribution in [1.29, 1.82) is 0 Å². The monoisotopic (exact) mass is 694 g/mol. The highest BCUT2D eigenvalue weighted by atomic mass is 16.7. The molecule has 0 aliphatic carbocycles. The van der Waals surface area contributed by atoms with E-state index in [2.05, 4.69) is 44.7 Å². The topological polar surface area (TPSA) is 65.1 Å². The molecule has 290 valence electrons. The van der Waals surface area contributed by atoms with Crippen LogP contribution < -0.4 is 0 Å². The van der Waals surface area contributed by atoms with Gasteiger partial charge in [-0.05, 0) is 103 Å². The normalized spacial score (nSPS) is 11.6. The summed E-state index contributed by atoms with van der Waals surface area (Å²) < 4.78 is 16.4. The minimum atomic E-state index is -0.519. The van der Waals surface area contributed by atoms with E-state index in [0.717, 1.165) is 96.7 Å². The van der Waals surface area contributed by atoms with Crippen molar-refractivity contribution >= 4 is 12.1 Å². The molecule has 0 N–H and O–H groups in total. The number of carbonyl (C=O) groups is 2. The van der Waals surface area contributed by atoms with Crippen LogP contribution in [0, 0.1) is 0 Å². The van der Waals surface area contributed by atoms with Crippen molar-refractivity contribution < 1.29 is 23.8 Å². The summed E-state index contributed by atoms with van der Waals surface area (Å²) in [6, 6.07) is 0. The van der Waals surface area contributed by atoms with Gasteiger partial charge in [0.2, 0.25) is 0 Å². The van der Waals surface area contributed by atoms with E-state index < -0.39 is 6.16 Å². The van der Waals surface area contributed by atoms with Crippen LogP contribution in [-0.2, 0) is 19.0 Å². The number of hydrogen-bond donors (Lipinski definition) is 0. The minimum Gasteiger partial charge on any atom is -0.462 e. The summed E-state index contributed by atoms with van der Waals surface area (Å²) in [6.45, 7) is 13.2. The first kappa shape index (κ1) is 47.4. The summed E-state index contributed by atoms with van der Waals surface area (Å²) in [5.41, 5.74) is 0. The molecule has 0 aromatic rings. The Kier molecular flexibility index (Phi) is 38.0. The molecule has 0 unspecified atom stereocenters. The van der Waals surface area contributed by atoms with Crippen LogP contribution in [0.1, 0.15) is 214 Å². The van der Waals surface area contributed by atoms with Crippen LogP contribution in [0.15, 0.2) is 12.2 Å². The van der Waals surface area contributed by atoms with Crippen molar-refractivity contribution in [3.05, 3.63) is 12.2 Å². The molecule has 0 atom stereocenters. The van der Waals surface area contributed by atoms with Crippen LogP contribution in [0.2, 0.25) is 0 Å². The standard InChI is InChI=1S/C43H83NO5/c1-5-9-12-15-18-25-32-39-47-43(46)48-40-33-26-24-31-38-44(8-4)37-30-23-19-22-29-36-42(45)49-41(34-27-20-16-13-10-6-2)35-28-21-17-14-11-7-3/h9,12,41H,5-8,10-11,13-40H2,1-4H3/b12-9-. The predicted molar refractivity (Wildman–Crippen MR) is 209 cm³/mol. The molecule has 0 aliphatic heterocycles. The average Bonchev–Trinajstić information content (AvgIpc) is 3.10. The van der Waals surface area contributed by atoms with E-state index in [0.29, 0.717) is 19.6 Å². The summed E-state index contributed by atoms with van der Waals surface area (Å²) in [5, 5.41) is 0. The zero-order valence-electron chi connectivity index (χ0n) is 33.3. The van der Waals surface area contributed by atoms with Crippen LogP contribution >= 0.6 is 0 Å². The third-order valence-electron chi connectivity index (χ3n) is 9.59. The molecule has 6 heteroatoms. The molecule has 0 heterocycles. The lowest BCUT2D eigenvalue weighted by Crippen LogP contribution is -2.25. The van der Waals surface area contributed by atoms with E-state index in [1.807, 2.05) is 0 Å². The first-order chi connectivity index (χ1) is 24.1. The zero-order valence-corrected chi connectivity index (χ0v) is 33.3. The number of ether oxygens (including phenoxy) is 3. The van der Waals surface area contributed by atoms with Gasteiger partial charge in [0.15, 0.2) is 0 Å². The maximum Gasteiger partial charge on any atom is 0.508 e. The van der Waals surface area contributed by atoms with Crippen molar-refractivity contribution in [2.24, 2.45) is 0 Å². The molecule has 0 amide bonds. The van der Waals surface area contributed by atoms with Crippen molar-refractivity contribution in [3.8, 4) is 0 Å². The van der Waals surface area contributed by atoms with Crippen LogP contribution in [0.5, 0.6) is 0 Å².